The van der Waals surface area contributed by atoms with Gasteiger partial charge in [0, 0.05) is 36.9 Å². The van der Waals surface area contributed by atoms with Crippen molar-refractivity contribution < 1.29 is 39.0 Å². The van der Waals surface area contributed by atoms with Crippen molar-refractivity contribution in [2.24, 2.45) is 0 Å². The topological polar surface area (TPSA) is 219 Å². The Labute approximate surface area is 253 Å². The average molecular weight is 609 g/mol. The van der Waals surface area contributed by atoms with Gasteiger partial charge in [0.1, 0.15) is 29.9 Å². The lowest BCUT2D eigenvalue weighted by Gasteiger charge is -2.22. The molecule has 4 atom stereocenters. The van der Waals surface area contributed by atoms with E-state index in [2.05, 4.69) is 31.6 Å². The molecular weight excluding hydrogens is 572 g/mol. The standard InChI is InChI=1S/C30H36N6O8/c1-16(33-28(41)17(2)34-29(42)24(35-18(3)37)12-19-8-10-21(38)11-9-19)27(40)32-15-26(39)36-25(30(43)44)13-20-14-31-23-7-5-4-6-22(20)23/h4-11,14,16-17,24-25,31,38H,12-13,15H2,1-3H3,(H,32,40)(H,33,41)(H,34,42)(H,35,37)(H,36,39)(H,43,44)/t16-,17-,24-,25-/m0/s1. The Balaban J connectivity index is 1.48. The number of aliphatic carboxylic acids is 1. The van der Waals surface area contributed by atoms with Gasteiger partial charge >= 0.3 is 5.97 Å². The molecule has 3 rings (SSSR count). The van der Waals surface area contributed by atoms with E-state index in [1.54, 1.807) is 18.3 Å². The number of benzene rings is 2. The minimum atomic E-state index is -1.24. The molecular formula is C30H36N6O8. The van der Waals surface area contributed by atoms with E-state index in [4.69, 9.17) is 0 Å². The van der Waals surface area contributed by atoms with Crippen molar-refractivity contribution in [3.8, 4) is 5.75 Å². The van der Waals surface area contributed by atoms with E-state index in [1.165, 1.54) is 32.9 Å². The summed E-state index contributed by atoms with van der Waals surface area (Å²) in [7, 11) is 0. The van der Waals surface area contributed by atoms with Crippen LogP contribution in [-0.4, -0.2) is 81.4 Å². The largest absolute Gasteiger partial charge is 0.508 e. The zero-order chi connectivity index (χ0) is 32.4. The first-order chi connectivity index (χ1) is 20.8. The van der Waals surface area contributed by atoms with E-state index in [0.29, 0.717) is 11.1 Å². The number of carbonyl (C=O) groups excluding carboxylic acids is 5. The van der Waals surface area contributed by atoms with Crippen molar-refractivity contribution in [1.29, 1.82) is 0 Å². The lowest BCUT2D eigenvalue weighted by Crippen LogP contribution is -2.56. The summed E-state index contributed by atoms with van der Waals surface area (Å²) in [6.45, 7) is 3.50. The normalized spacial score (nSPS) is 13.5. The van der Waals surface area contributed by atoms with E-state index in [9.17, 15) is 39.0 Å². The molecule has 0 fully saturated rings. The van der Waals surface area contributed by atoms with Gasteiger partial charge in [-0.1, -0.05) is 30.3 Å². The predicted molar refractivity (Wildman–Crippen MR) is 159 cm³/mol. The predicted octanol–water partition coefficient (Wildman–Crippen LogP) is -0.142. The van der Waals surface area contributed by atoms with Gasteiger partial charge in [-0.25, -0.2) is 4.79 Å². The molecule has 0 unspecified atom stereocenters. The number of aromatic nitrogens is 1. The van der Waals surface area contributed by atoms with Gasteiger partial charge in [-0.3, -0.25) is 24.0 Å². The molecule has 0 aliphatic rings. The molecule has 1 aromatic heterocycles. The molecule has 0 saturated heterocycles. The summed E-state index contributed by atoms with van der Waals surface area (Å²) in [5.41, 5.74) is 2.20. The first-order valence-corrected chi connectivity index (χ1v) is 13.8. The third kappa shape index (κ3) is 9.58. The minimum absolute atomic E-state index is 0.0207. The zero-order valence-electron chi connectivity index (χ0n) is 24.5. The molecule has 0 spiro atoms. The Morgan fingerprint density at radius 3 is 2.07 bits per heavy atom. The van der Waals surface area contributed by atoms with Crippen molar-refractivity contribution in [2.75, 3.05) is 6.54 Å². The van der Waals surface area contributed by atoms with E-state index in [-0.39, 0.29) is 18.6 Å². The number of phenols is 1. The summed E-state index contributed by atoms with van der Waals surface area (Å²) < 4.78 is 0. The number of phenolic OH excluding ortho intramolecular Hbond substituents is 1. The summed E-state index contributed by atoms with van der Waals surface area (Å²) >= 11 is 0. The molecule has 234 valence electrons. The number of amides is 5. The summed E-state index contributed by atoms with van der Waals surface area (Å²) in [4.78, 5) is 77.0. The lowest BCUT2D eigenvalue weighted by molar-refractivity contribution is -0.141. The van der Waals surface area contributed by atoms with Gasteiger partial charge in [0.15, 0.2) is 0 Å². The molecule has 0 aliphatic carbocycles. The molecule has 0 bridgehead atoms. The molecule has 44 heavy (non-hydrogen) atoms. The highest BCUT2D eigenvalue weighted by molar-refractivity contribution is 5.95. The number of aromatic amines is 1. The summed E-state index contributed by atoms with van der Waals surface area (Å²) in [5, 5.41) is 32.1. The smallest absolute Gasteiger partial charge is 0.326 e. The summed E-state index contributed by atoms with van der Waals surface area (Å²) in [6, 6.07) is 9.00. The second kappa shape index (κ2) is 15.2. The monoisotopic (exact) mass is 608 g/mol. The number of carboxylic acids is 1. The van der Waals surface area contributed by atoms with Gasteiger partial charge < -0.3 is 41.8 Å². The number of H-pyrrole nitrogens is 1. The van der Waals surface area contributed by atoms with Crippen LogP contribution in [0.3, 0.4) is 0 Å². The van der Waals surface area contributed by atoms with Crippen molar-refractivity contribution in [1.82, 2.24) is 31.6 Å². The molecule has 14 nitrogen and oxygen atoms in total. The number of para-hydroxylation sites is 1. The van der Waals surface area contributed by atoms with Crippen LogP contribution in [0.15, 0.2) is 54.7 Å². The second-order valence-electron chi connectivity index (χ2n) is 10.3. The summed E-state index contributed by atoms with van der Waals surface area (Å²) in [6.07, 6.45) is 1.80. The molecule has 3 aromatic rings. The fourth-order valence-corrected chi connectivity index (χ4v) is 4.39. The first kappa shape index (κ1) is 33.1. The van der Waals surface area contributed by atoms with E-state index in [0.717, 1.165) is 10.9 Å². The van der Waals surface area contributed by atoms with Crippen LogP contribution < -0.4 is 26.6 Å². The fraction of sp³-hybridized carbons (Fsp3) is 0.333. The molecule has 1 heterocycles. The van der Waals surface area contributed by atoms with Crippen LogP contribution in [-0.2, 0) is 41.6 Å². The van der Waals surface area contributed by atoms with E-state index >= 15 is 0 Å². The second-order valence-corrected chi connectivity index (χ2v) is 10.3. The van der Waals surface area contributed by atoms with Crippen LogP contribution in [0.25, 0.3) is 10.9 Å². The summed E-state index contributed by atoms with van der Waals surface area (Å²) in [5.74, 6) is -4.42. The number of aromatic hydroxyl groups is 1. The van der Waals surface area contributed by atoms with Gasteiger partial charge in [0.2, 0.25) is 29.5 Å². The van der Waals surface area contributed by atoms with E-state index < -0.39 is 66.2 Å². The number of carboxylic acid groups (broad SMARTS) is 1. The Kier molecular flexibility index (Phi) is 11.4. The van der Waals surface area contributed by atoms with Crippen LogP contribution in [0, 0.1) is 0 Å². The van der Waals surface area contributed by atoms with Crippen molar-refractivity contribution in [3.63, 3.8) is 0 Å². The third-order valence-corrected chi connectivity index (χ3v) is 6.73. The molecule has 0 aliphatic heterocycles. The van der Waals surface area contributed by atoms with Crippen LogP contribution in [0.2, 0.25) is 0 Å². The van der Waals surface area contributed by atoms with Crippen molar-refractivity contribution in [2.45, 2.75) is 57.8 Å². The number of hydrogen-bond donors (Lipinski definition) is 8. The molecule has 2 aromatic carbocycles. The van der Waals surface area contributed by atoms with Gasteiger partial charge in [0.25, 0.3) is 0 Å². The zero-order valence-corrected chi connectivity index (χ0v) is 24.5. The molecule has 14 heteroatoms. The van der Waals surface area contributed by atoms with Gasteiger partial charge in [-0.2, -0.15) is 0 Å². The minimum Gasteiger partial charge on any atom is -0.508 e. The molecule has 0 saturated carbocycles. The van der Waals surface area contributed by atoms with Gasteiger partial charge in [-0.15, -0.1) is 0 Å². The highest BCUT2D eigenvalue weighted by Gasteiger charge is 2.26. The maximum absolute atomic E-state index is 12.8. The number of hydrogen-bond acceptors (Lipinski definition) is 7. The number of carbonyl (C=O) groups is 6. The van der Waals surface area contributed by atoms with Crippen LogP contribution in [0.5, 0.6) is 5.75 Å². The molecule has 5 amide bonds. The Bertz CT molecular complexity index is 1520. The van der Waals surface area contributed by atoms with Crippen molar-refractivity contribution >= 4 is 46.4 Å². The lowest BCUT2D eigenvalue weighted by atomic mass is 10.0. The Hall–Kier alpha value is -5.40. The maximum atomic E-state index is 12.8. The van der Waals surface area contributed by atoms with Gasteiger partial charge in [0.05, 0.1) is 6.54 Å². The Morgan fingerprint density at radius 2 is 1.41 bits per heavy atom. The number of fused-ring (bicyclic) bond motifs is 1. The fourth-order valence-electron chi connectivity index (χ4n) is 4.39. The van der Waals surface area contributed by atoms with Crippen molar-refractivity contribution in [3.05, 3.63) is 65.9 Å². The van der Waals surface area contributed by atoms with Crippen LogP contribution >= 0.6 is 0 Å². The van der Waals surface area contributed by atoms with Crippen LogP contribution in [0.1, 0.15) is 31.9 Å². The maximum Gasteiger partial charge on any atom is 0.326 e. The van der Waals surface area contributed by atoms with E-state index in [1.807, 2.05) is 24.3 Å². The Morgan fingerprint density at radius 1 is 0.773 bits per heavy atom. The molecule has 0 radical (unpaired) electrons. The number of nitrogens with one attached hydrogen (secondary N) is 6. The number of rotatable bonds is 14. The molecule has 8 N–H and O–H groups in total. The highest BCUT2D eigenvalue weighted by Crippen LogP contribution is 2.19. The van der Waals surface area contributed by atoms with Crippen LogP contribution in [0.4, 0.5) is 0 Å². The average Bonchev–Trinajstić information content (AvgIpc) is 3.38. The third-order valence-electron chi connectivity index (χ3n) is 6.73. The SMILES string of the molecule is CC(=O)N[C@@H](Cc1ccc(O)cc1)C(=O)N[C@@H](C)C(=O)N[C@@H](C)C(=O)NCC(=O)N[C@@H](Cc1c[nH]c2ccccc12)C(=O)O. The quantitative estimate of drug-likeness (QED) is 0.123. The van der Waals surface area contributed by atoms with Gasteiger partial charge in [-0.05, 0) is 43.2 Å². The highest BCUT2D eigenvalue weighted by atomic mass is 16.4. The first-order valence-electron chi connectivity index (χ1n) is 13.8.